The summed E-state index contributed by atoms with van der Waals surface area (Å²) in [5.41, 5.74) is 0.0973. The zero-order chi connectivity index (χ0) is 14.7. The molecule has 0 radical (unpaired) electrons. The van der Waals surface area contributed by atoms with Crippen LogP contribution < -0.4 is 0 Å². The summed E-state index contributed by atoms with van der Waals surface area (Å²) < 4.78 is 0. The van der Waals surface area contributed by atoms with E-state index in [4.69, 9.17) is 0 Å². The molecule has 0 aromatic carbocycles. The van der Waals surface area contributed by atoms with Gasteiger partial charge in [0.1, 0.15) is 11.8 Å². The molecule has 19 heavy (non-hydrogen) atoms. The highest BCUT2D eigenvalue weighted by Crippen LogP contribution is 2.58. The summed E-state index contributed by atoms with van der Waals surface area (Å²) in [5, 5.41) is 0. The Morgan fingerprint density at radius 3 is 2.00 bits per heavy atom. The first-order chi connectivity index (χ1) is 8.97. The molecule has 0 aliphatic carbocycles. The van der Waals surface area contributed by atoms with Crippen molar-refractivity contribution in [1.82, 2.24) is 0 Å². The first-order valence-electron chi connectivity index (χ1n) is 8.31. The summed E-state index contributed by atoms with van der Waals surface area (Å²) in [5.74, 6) is 0.501. The lowest BCUT2D eigenvalue weighted by Crippen LogP contribution is -2.18. The quantitative estimate of drug-likeness (QED) is 0.373. The van der Waals surface area contributed by atoms with E-state index in [0.29, 0.717) is 12.1 Å². The Bertz CT molecular complexity index is 207. The third-order valence-electron chi connectivity index (χ3n) is 4.25. The summed E-state index contributed by atoms with van der Waals surface area (Å²) in [6.45, 7) is 8.61. The van der Waals surface area contributed by atoms with Crippen molar-refractivity contribution in [3.63, 3.8) is 0 Å². The van der Waals surface area contributed by atoms with Crippen molar-refractivity contribution in [1.29, 1.82) is 0 Å². The Balaban J connectivity index is 4.09. The van der Waals surface area contributed by atoms with Gasteiger partial charge in [-0.05, 0) is 38.5 Å². The SMILES string of the molecule is CCCCCCC(C)[P+](O)(O)CC(CC)CCCC. The zero-order valence-electron chi connectivity index (χ0n) is 13.6. The van der Waals surface area contributed by atoms with Crippen molar-refractivity contribution in [3.05, 3.63) is 0 Å². The summed E-state index contributed by atoms with van der Waals surface area (Å²) in [7, 11) is -2.70. The van der Waals surface area contributed by atoms with Crippen LogP contribution in [0.2, 0.25) is 0 Å². The van der Waals surface area contributed by atoms with E-state index in [1.165, 1.54) is 32.1 Å². The number of hydrogen-bond acceptors (Lipinski definition) is 2. The second kappa shape index (κ2) is 11.1. The molecule has 0 heterocycles. The molecule has 2 atom stereocenters. The third kappa shape index (κ3) is 9.00. The average molecular weight is 291 g/mol. The van der Waals surface area contributed by atoms with Gasteiger partial charge in [-0.2, -0.15) is 0 Å². The fourth-order valence-electron chi connectivity index (χ4n) is 2.55. The van der Waals surface area contributed by atoms with Crippen molar-refractivity contribution in [2.24, 2.45) is 5.92 Å². The molecule has 0 fully saturated rings. The van der Waals surface area contributed by atoms with Crippen LogP contribution in [0.1, 0.15) is 85.5 Å². The van der Waals surface area contributed by atoms with Crippen LogP contribution in [0.4, 0.5) is 0 Å². The topological polar surface area (TPSA) is 40.5 Å². The fourth-order valence-corrected chi connectivity index (χ4v) is 4.71. The lowest BCUT2D eigenvalue weighted by molar-refractivity contribution is 0.395. The maximum Gasteiger partial charge on any atom is 0.270 e. The highest BCUT2D eigenvalue weighted by Gasteiger charge is 2.41. The molecule has 0 spiro atoms. The minimum atomic E-state index is -2.70. The fraction of sp³-hybridized carbons (Fsp3) is 1.00. The summed E-state index contributed by atoms with van der Waals surface area (Å²) in [4.78, 5) is 20.8. The Kier molecular flexibility index (Phi) is 11.3. The van der Waals surface area contributed by atoms with Crippen LogP contribution in [0.15, 0.2) is 0 Å². The van der Waals surface area contributed by atoms with Gasteiger partial charge in [-0.1, -0.05) is 52.9 Å². The summed E-state index contributed by atoms with van der Waals surface area (Å²) >= 11 is 0. The van der Waals surface area contributed by atoms with E-state index in [0.717, 1.165) is 25.7 Å². The molecule has 0 bridgehead atoms. The largest absolute Gasteiger partial charge is 0.270 e. The van der Waals surface area contributed by atoms with Gasteiger partial charge < -0.3 is 0 Å². The summed E-state index contributed by atoms with van der Waals surface area (Å²) in [6.07, 6.45) is 11.1. The molecule has 0 amide bonds. The molecule has 0 aliphatic rings. The second-order valence-electron chi connectivity index (χ2n) is 6.08. The van der Waals surface area contributed by atoms with Gasteiger partial charge in [-0.15, -0.1) is 0 Å². The van der Waals surface area contributed by atoms with E-state index in [9.17, 15) is 9.79 Å². The highest BCUT2D eigenvalue weighted by atomic mass is 31.2. The lowest BCUT2D eigenvalue weighted by atomic mass is 10.0. The number of unbranched alkanes of at least 4 members (excludes halogenated alkanes) is 4. The monoisotopic (exact) mass is 291 g/mol. The first-order valence-corrected chi connectivity index (χ1v) is 10.3. The minimum absolute atomic E-state index is 0.0973. The standard InChI is InChI=1S/C16H36O2P/c1-5-8-10-11-12-15(4)19(17,18)14-16(7-3)13-9-6-2/h15-18H,5-14H2,1-4H3/q+1. The van der Waals surface area contributed by atoms with Crippen LogP contribution in [-0.4, -0.2) is 21.6 Å². The average Bonchev–Trinajstić information content (AvgIpc) is 2.39. The molecular formula is C16H36O2P+. The van der Waals surface area contributed by atoms with Gasteiger partial charge in [0.2, 0.25) is 0 Å². The molecule has 2 N–H and O–H groups in total. The lowest BCUT2D eigenvalue weighted by Gasteiger charge is -2.24. The van der Waals surface area contributed by atoms with Crippen molar-refractivity contribution < 1.29 is 9.79 Å². The van der Waals surface area contributed by atoms with E-state index >= 15 is 0 Å². The Morgan fingerprint density at radius 2 is 1.47 bits per heavy atom. The Labute approximate surface area is 121 Å². The van der Waals surface area contributed by atoms with E-state index in [-0.39, 0.29) is 5.66 Å². The highest BCUT2D eigenvalue weighted by molar-refractivity contribution is 7.65. The molecule has 0 aromatic heterocycles. The van der Waals surface area contributed by atoms with Gasteiger partial charge >= 0.3 is 0 Å². The van der Waals surface area contributed by atoms with Gasteiger partial charge in [0.25, 0.3) is 7.72 Å². The van der Waals surface area contributed by atoms with Gasteiger partial charge in [-0.3, -0.25) is 0 Å². The van der Waals surface area contributed by atoms with Crippen LogP contribution in [0.3, 0.4) is 0 Å². The Hall–Kier alpha value is 0.350. The van der Waals surface area contributed by atoms with Crippen molar-refractivity contribution >= 4 is 7.72 Å². The molecule has 2 nitrogen and oxygen atoms in total. The van der Waals surface area contributed by atoms with Gasteiger partial charge in [0, 0.05) is 0 Å². The Morgan fingerprint density at radius 1 is 0.842 bits per heavy atom. The third-order valence-corrected chi connectivity index (χ3v) is 6.98. The minimum Gasteiger partial charge on any atom is -0.220 e. The van der Waals surface area contributed by atoms with Crippen LogP contribution in [0.25, 0.3) is 0 Å². The predicted molar refractivity (Wildman–Crippen MR) is 87.8 cm³/mol. The maximum absolute atomic E-state index is 10.4. The molecule has 2 unspecified atom stereocenters. The molecule has 0 aromatic rings. The first kappa shape index (κ1) is 19.4. The van der Waals surface area contributed by atoms with Crippen LogP contribution in [0, 0.1) is 5.92 Å². The van der Waals surface area contributed by atoms with Crippen LogP contribution >= 0.6 is 7.72 Å². The van der Waals surface area contributed by atoms with E-state index in [1.807, 2.05) is 6.92 Å². The van der Waals surface area contributed by atoms with Crippen LogP contribution in [-0.2, 0) is 0 Å². The van der Waals surface area contributed by atoms with E-state index in [2.05, 4.69) is 20.8 Å². The van der Waals surface area contributed by atoms with Gasteiger partial charge in [0.05, 0.1) is 0 Å². The van der Waals surface area contributed by atoms with E-state index < -0.39 is 7.72 Å². The number of hydrogen-bond donors (Lipinski definition) is 2. The van der Waals surface area contributed by atoms with Crippen molar-refractivity contribution in [2.45, 2.75) is 91.1 Å². The van der Waals surface area contributed by atoms with Crippen molar-refractivity contribution in [2.75, 3.05) is 6.16 Å². The maximum atomic E-state index is 10.4. The molecular weight excluding hydrogens is 255 g/mol. The zero-order valence-corrected chi connectivity index (χ0v) is 14.5. The predicted octanol–water partition coefficient (Wildman–Crippen LogP) is 5.39. The molecule has 0 aliphatic heterocycles. The molecule has 116 valence electrons. The van der Waals surface area contributed by atoms with Gasteiger partial charge in [0.15, 0.2) is 0 Å². The summed E-state index contributed by atoms with van der Waals surface area (Å²) in [6, 6.07) is 0. The normalized spacial score (nSPS) is 15.5. The molecule has 3 heteroatoms. The van der Waals surface area contributed by atoms with E-state index in [1.54, 1.807) is 0 Å². The van der Waals surface area contributed by atoms with Gasteiger partial charge in [-0.25, -0.2) is 9.79 Å². The molecule has 0 rings (SSSR count). The van der Waals surface area contributed by atoms with Crippen molar-refractivity contribution in [3.8, 4) is 0 Å². The molecule has 0 saturated carbocycles. The van der Waals surface area contributed by atoms with Crippen LogP contribution in [0.5, 0.6) is 0 Å². The number of rotatable bonds is 12. The smallest absolute Gasteiger partial charge is 0.220 e. The second-order valence-corrected chi connectivity index (χ2v) is 8.90. The molecule has 0 saturated heterocycles.